The standard InChI is InChI=1S/C15H18ClN3O3/c1-20-12-8-9(7-10(16)13(12)21-2)14-18-15(22-19-14)11-5-3-4-6-17-11/h7-8,11,17H,3-6H2,1-2H3/t11-/m1/s1. The van der Waals surface area contributed by atoms with Crippen LogP contribution in [0.15, 0.2) is 16.7 Å². The molecule has 118 valence electrons. The summed E-state index contributed by atoms with van der Waals surface area (Å²) in [4.78, 5) is 4.48. The zero-order valence-electron chi connectivity index (χ0n) is 12.6. The molecule has 6 nitrogen and oxygen atoms in total. The molecule has 1 atom stereocenters. The first kappa shape index (κ1) is 15.1. The van der Waals surface area contributed by atoms with Crippen LogP contribution in [0.25, 0.3) is 11.4 Å². The SMILES string of the molecule is COc1cc(-c2noc([C@H]3CCCCN3)n2)cc(Cl)c1OC. The summed E-state index contributed by atoms with van der Waals surface area (Å²) >= 11 is 6.22. The number of aromatic nitrogens is 2. The Morgan fingerprint density at radius 1 is 1.27 bits per heavy atom. The maximum Gasteiger partial charge on any atom is 0.244 e. The first-order valence-corrected chi connectivity index (χ1v) is 7.59. The maximum atomic E-state index is 6.22. The molecule has 1 aliphatic heterocycles. The van der Waals surface area contributed by atoms with Crippen molar-refractivity contribution < 1.29 is 14.0 Å². The molecule has 0 bridgehead atoms. The number of rotatable bonds is 4. The lowest BCUT2D eigenvalue weighted by molar-refractivity contribution is 0.297. The minimum absolute atomic E-state index is 0.130. The number of hydrogen-bond acceptors (Lipinski definition) is 6. The Bertz CT molecular complexity index is 653. The van der Waals surface area contributed by atoms with Crippen LogP contribution in [-0.4, -0.2) is 30.9 Å². The number of ether oxygens (including phenoxy) is 2. The second-order valence-corrected chi connectivity index (χ2v) is 5.56. The van der Waals surface area contributed by atoms with E-state index in [-0.39, 0.29) is 6.04 Å². The van der Waals surface area contributed by atoms with Gasteiger partial charge in [0.25, 0.3) is 0 Å². The van der Waals surface area contributed by atoms with E-state index < -0.39 is 0 Å². The number of halogens is 1. The van der Waals surface area contributed by atoms with Crippen LogP contribution in [0.2, 0.25) is 5.02 Å². The molecule has 1 N–H and O–H groups in total. The quantitative estimate of drug-likeness (QED) is 0.931. The third kappa shape index (κ3) is 2.89. The van der Waals surface area contributed by atoms with Crippen molar-refractivity contribution in [3.05, 3.63) is 23.0 Å². The number of hydrogen-bond donors (Lipinski definition) is 1. The van der Waals surface area contributed by atoms with Crippen molar-refractivity contribution in [3.63, 3.8) is 0 Å². The number of nitrogens with zero attached hydrogens (tertiary/aromatic N) is 2. The Morgan fingerprint density at radius 2 is 2.14 bits per heavy atom. The van der Waals surface area contributed by atoms with Crippen LogP contribution >= 0.6 is 11.6 Å². The van der Waals surface area contributed by atoms with Gasteiger partial charge in [0.1, 0.15) is 0 Å². The van der Waals surface area contributed by atoms with Crippen LogP contribution in [0.1, 0.15) is 31.2 Å². The van der Waals surface area contributed by atoms with Gasteiger partial charge in [-0.05, 0) is 31.5 Å². The highest BCUT2D eigenvalue weighted by Gasteiger charge is 2.22. The van der Waals surface area contributed by atoms with Gasteiger partial charge in [0.2, 0.25) is 11.7 Å². The fraction of sp³-hybridized carbons (Fsp3) is 0.467. The second kappa shape index (κ2) is 6.54. The fourth-order valence-electron chi connectivity index (χ4n) is 2.60. The molecule has 0 aliphatic carbocycles. The molecule has 1 aromatic carbocycles. The van der Waals surface area contributed by atoms with E-state index in [1.165, 1.54) is 6.42 Å². The lowest BCUT2D eigenvalue weighted by Crippen LogP contribution is -2.26. The van der Waals surface area contributed by atoms with E-state index in [2.05, 4.69) is 15.5 Å². The van der Waals surface area contributed by atoms with Gasteiger partial charge in [-0.2, -0.15) is 4.98 Å². The average Bonchev–Trinajstić information content (AvgIpc) is 3.05. The van der Waals surface area contributed by atoms with Crippen LogP contribution in [-0.2, 0) is 0 Å². The highest BCUT2D eigenvalue weighted by atomic mass is 35.5. The lowest BCUT2D eigenvalue weighted by Gasteiger charge is -2.19. The molecule has 1 fully saturated rings. The van der Waals surface area contributed by atoms with E-state index in [0.29, 0.717) is 28.2 Å². The zero-order chi connectivity index (χ0) is 15.5. The monoisotopic (exact) mass is 323 g/mol. The molecule has 1 aliphatic rings. The topological polar surface area (TPSA) is 69.4 Å². The van der Waals surface area contributed by atoms with Crippen molar-refractivity contribution in [1.82, 2.24) is 15.5 Å². The van der Waals surface area contributed by atoms with Crippen LogP contribution in [0.4, 0.5) is 0 Å². The molecular weight excluding hydrogens is 306 g/mol. The van der Waals surface area contributed by atoms with Gasteiger partial charge in [0.15, 0.2) is 11.5 Å². The normalized spacial score (nSPS) is 18.2. The Kier molecular flexibility index (Phi) is 4.49. The van der Waals surface area contributed by atoms with Crippen LogP contribution in [0, 0.1) is 0 Å². The summed E-state index contributed by atoms with van der Waals surface area (Å²) in [6.45, 7) is 0.977. The van der Waals surface area contributed by atoms with Crippen molar-refractivity contribution in [1.29, 1.82) is 0 Å². The predicted molar refractivity (Wildman–Crippen MR) is 82.4 cm³/mol. The summed E-state index contributed by atoms with van der Waals surface area (Å²) in [7, 11) is 3.11. The van der Waals surface area contributed by atoms with Gasteiger partial charge >= 0.3 is 0 Å². The Hall–Kier alpha value is -1.79. The van der Waals surface area contributed by atoms with Crippen molar-refractivity contribution >= 4 is 11.6 Å². The first-order valence-electron chi connectivity index (χ1n) is 7.22. The highest BCUT2D eigenvalue weighted by Crippen LogP contribution is 2.38. The van der Waals surface area contributed by atoms with Crippen LogP contribution in [0.5, 0.6) is 11.5 Å². The molecule has 0 saturated carbocycles. The van der Waals surface area contributed by atoms with Gasteiger partial charge in [0, 0.05) is 5.56 Å². The fourth-order valence-corrected chi connectivity index (χ4v) is 2.89. The van der Waals surface area contributed by atoms with E-state index >= 15 is 0 Å². The third-order valence-corrected chi connectivity index (χ3v) is 4.02. The molecule has 0 radical (unpaired) electrons. The Balaban J connectivity index is 1.91. The number of piperidine rings is 1. The second-order valence-electron chi connectivity index (χ2n) is 5.15. The van der Waals surface area contributed by atoms with E-state index in [9.17, 15) is 0 Å². The molecule has 0 amide bonds. The minimum Gasteiger partial charge on any atom is -0.493 e. The van der Waals surface area contributed by atoms with E-state index in [1.807, 2.05) is 0 Å². The molecule has 0 spiro atoms. The summed E-state index contributed by atoms with van der Waals surface area (Å²) < 4.78 is 15.9. The molecule has 1 saturated heterocycles. The summed E-state index contributed by atoms with van der Waals surface area (Å²) in [5.74, 6) is 2.13. The van der Waals surface area contributed by atoms with Gasteiger partial charge in [0.05, 0.1) is 25.3 Å². The van der Waals surface area contributed by atoms with Gasteiger partial charge in [-0.25, -0.2) is 0 Å². The largest absolute Gasteiger partial charge is 0.493 e. The number of methoxy groups -OCH3 is 2. The van der Waals surface area contributed by atoms with Crippen molar-refractivity contribution in [2.45, 2.75) is 25.3 Å². The number of benzene rings is 1. The van der Waals surface area contributed by atoms with Crippen LogP contribution in [0.3, 0.4) is 0 Å². The molecule has 0 unspecified atom stereocenters. The van der Waals surface area contributed by atoms with Crippen molar-refractivity contribution in [2.24, 2.45) is 0 Å². The molecule has 2 aromatic rings. The van der Waals surface area contributed by atoms with Gasteiger partial charge < -0.3 is 19.3 Å². The molecule has 7 heteroatoms. The van der Waals surface area contributed by atoms with Gasteiger partial charge in [-0.1, -0.05) is 23.2 Å². The van der Waals surface area contributed by atoms with E-state index in [4.69, 9.17) is 25.6 Å². The minimum atomic E-state index is 0.130. The molecule has 22 heavy (non-hydrogen) atoms. The summed E-state index contributed by atoms with van der Waals surface area (Å²) in [5.41, 5.74) is 0.730. The summed E-state index contributed by atoms with van der Waals surface area (Å²) in [6, 6.07) is 3.66. The van der Waals surface area contributed by atoms with Gasteiger partial charge in [-0.15, -0.1) is 0 Å². The van der Waals surface area contributed by atoms with E-state index in [1.54, 1.807) is 26.4 Å². The highest BCUT2D eigenvalue weighted by molar-refractivity contribution is 6.32. The Labute approximate surface area is 133 Å². The lowest BCUT2D eigenvalue weighted by atomic mass is 10.1. The predicted octanol–water partition coefficient (Wildman–Crippen LogP) is 3.22. The zero-order valence-corrected chi connectivity index (χ0v) is 13.3. The van der Waals surface area contributed by atoms with E-state index in [0.717, 1.165) is 24.9 Å². The van der Waals surface area contributed by atoms with Crippen LogP contribution < -0.4 is 14.8 Å². The molecule has 1 aromatic heterocycles. The maximum absolute atomic E-state index is 6.22. The summed E-state index contributed by atoms with van der Waals surface area (Å²) in [6.07, 6.45) is 3.36. The Morgan fingerprint density at radius 3 is 2.82 bits per heavy atom. The van der Waals surface area contributed by atoms with Crippen molar-refractivity contribution in [3.8, 4) is 22.9 Å². The molecule has 3 rings (SSSR count). The summed E-state index contributed by atoms with van der Waals surface area (Å²) in [5, 5.41) is 7.88. The molecule has 2 heterocycles. The first-order chi connectivity index (χ1) is 10.7. The molecular formula is C15H18ClN3O3. The average molecular weight is 324 g/mol. The van der Waals surface area contributed by atoms with Crippen molar-refractivity contribution in [2.75, 3.05) is 20.8 Å². The number of nitrogens with one attached hydrogen (secondary N) is 1. The van der Waals surface area contributed by atoms with Gasteiger partial charge in [-0.3, -0.25) is 0 Å². The smallest absolute Gasteiger partial charge is 0.244 e. The third-order valence-electron chi connectivity index (χ3n) is 3.74.